The summed E-state index contributed by atoms with van der Waals surface area (Å²) in [6.07, 6.45) is -0.961. The molecule has 0 unspecified atom stereocenters. The third kappa shape index (κ3) is 5.69. The average Bonchev–Trinajstić information content (AvgIpc) is 2.62. The Balaban J connectivity index is 2.09. The zero-order valence-corrected chi connectivity index (χ0v) is 18.6. The normalized spacial score (nSPS) is 20.3. The van der Waals surface area contributed by atoms with E-state index in [1.165, 1.54) is 23.1 Å². The first-order valence-corrected chi connectivity index (χ1v) is 10.4. The van der Waals surface area contributed by atoms with Gasteiger partial charge in [0.05, 0.1) is 29.3 Å². The number of anilines is 1. The number of rotatable bonds is 8. The summed E-state index contributed by atoms with van der Waals surface area (Å²) in [7, 11) is 0. The Labute approximate surface area is 181 Å². The highest BCUT2D eigenvalue weighted by atomic mass is 35.5. The number of carboxylic acid groups (broad SMARTS) is 1. The number of aliphatic hydroxyl groups excluding tert-OH is 1. The van der Waals surface area contributed by atoms with Gasteiger partial charge in [0.25, 0.3) is 0 Å². The Hall–Kier alpha value is -1.74. The fourth-order valence-corrected chi connectivity index (χ4v) is 4.01. The van der Waals surface area contributed by atoms with Crippen LogP contribution in [0, 0.1) is 17.7 Å². The monoisotopic (exact) mass is 443 g/mol. The second-order valence-electron chi connectivity index (χ2n) is 8.92. The van der Waals surface area contributed by atoms with Crippen molar-refractivity contribution in [3.05, 3.63) is 29.0 Å². The molecule has 1 amide bonds. The number of carbonyl (C=O) groups is 2. The van der Waals surface area contributed by atoms with Crippen molar-refractivity contribution < 1.29 is 24.2 Å². The molecule has 1 aromatic rings. The van der Waals surface area contributed by atoms with Crippen LogP contribution in [0.3, 0.4) is 0 Å². The molecule has 1 aliphatic rings. The SMILES string of the molecule is CC(C)[C@H](C[C@H](O)[C@@H](N)CN1CC(=O)N(c2ccc(F)cc2Cl)CC1(C)C)C(=O)O. The molecule has 9 heteroatoms. The number of amides is 1. The molecule has 0 saturated carbocycles. The van der Waals surface area contributed by atoms with E-state index in [0.29, 0.717) is 12.2 Å². The van der Waals surface area contributed by atoms with E-state index in [9.17, 15) is 24.2 Å². The number of piperazine rings is 1. The Kier molecular flexibility index (Phi) is 7.85. The van der Waals surface area contributed by atoms with Crippen molar-refractivity contribution in [2.75, 3.05) is 24.5 Å². The highest BCUT2D eigenvalue weighted by Gasteiger charge is 2.40. The highest BCUT2D eigenvalue weighted by Crippen LogP contribution is 2.32. The summed E-state index contributed by atoms with van der Waals surface area (Å²) in [5, 5.41) is 20.0. The lowest BCUT2D eigenvalue weighted by molar-refractivity contribution is -0.144. The molecule has 0 spiro atoms. The van der Waals surface area contributed by atoms with Gasteiger partial charge in [0.15, 0.2) is 0 Å². The molecule has 3 atom stereocenters. The second kappa shape index (κ2) is 9.60. The predicted octanol–water partition coefficient (Wildman–Crippen LogP) is 2.34. The minimum Gasteiger partial charge on any atom is -0.481 e. The number of halogens is 2. The van der Waals surface area contributed by atoms with E-state index < -0.39 is 35.4 Å². The van der Waals surface area contributed by atoms with Crippen molar-refractivity contribution in [1.82, 2.24) is 4.90 Å². The number of nitrogens with two attached hydrogens (primary N) is 1. The number of benzene rings is 1. The maximum atomic E-state index is 13.4. The summed E-state index contributed by atoms with van der Waals surface area (Å²) >= 11 is 6.13. The first-order chi connectivity index (χ1) is 13.8. The molecule has 0 bridgehead atoms. The maximum absolute atomic E-state index is 13.4. The van der Waals surface area contributed by atoms with Gasteiger partial charge in [-0.05, 0) is 44.4 Å². The van der Waals surface area contributed by atoms with Gasteiger partial charge in [0.2, 0.25) is 5.91 Å². The van der Waals surface area contributed by atoms with Crippen LogP contribution in [0.5, 0.6) is 0 Å². The number of nitrogens with zero attached hydrogens (tertiary/aromatic N) is 2. The van der Waals surface area contributed by atoms with E-state index >= 15 is 0 Å². The van der Waals surface area contributed by atoms with Gasteiger partial charge in [-0.1, -0.05) is 25.4 Å². The van der Waals surface area contributed by atoms with Crippen molar-refractivity contribution in [1.29, 1.82) is 0 Å². The topological polar surface area (TPSA) is 107 Å². The smallest absolute Gasteiger partial charge is 0.306 e. The van der Waals surface area contributed by atoms with E-state index in [4.69, 9.17) is 17.3 Å². The molecule has 1 aliphatic heterocycles. The third-order valence-electron chi connectivity index (χ3n) is 5.77. The van der Waals surface area contributed by atoms with Gasteiger partial charge in [-0.25, -0.2) is 4.39 Å². The molecule has 168 valence electrons. The number of hydrogen-bond donors (Lipinski definition) is 3. The molecule has 1 aromatic carbocycles. The summed E-state index contributed by atoms with van der Waals surface area (Å²) in [5.41, 5.74) is 6.13. The van der Waals surface area contributed by atoms with Gasteiger partial charge in [0, 0.05) is 24.7 Å². The Morgan fingerprint density at radius 1 is 1.37 bits per heavy atom. The number of hydrogen-bond acceptors (Lipinski definition) is 5. The van der Waals surface area contributed by atoms with E-state index in [1.54, 1.807) is 13.8 Å². The summed E-state index contributed by atoms with van der Waals surface area (Å²) in [6.45, 7) is 8.05. The van der Waals surface area contributed by atoms with Gasteiger partial charge in [-0.3, -0.25) is 14.5 Å². The van der Waals surface area contributed by atoms with Crippen LogP contribution in [-0.4, -0.2) is 64.3 Å². The second-order valence-corrected chi connectivity index (χ2v) is 9.33. The van der Waals surface area contributed by atoms with E-state index in [1.807, 2.05) is 18.7 Å². The van der Waals surface area contributed by atoms with Gasteiger partial charge in [-0.2, -0.15) is 0 Å². The summed E-state index contributed by atoms with van der Waals surface area (Å²) < 4.78 is 13.4. The molecule has 0 radical (unpaired) electrons. The van der Waals surface area contributed by atoms with Crippen LogP contribution in [-0.2, 0) is 9.59 Å². The van der Waals surface area contributed by atoms with E-state index in [-0.39, 0.29) is 36.4 Å². The lowest BCUT2D eigenvalue weighted by Gasteiger charge is -2.47. The van der Waals surface area contributed by atoms with Gasteiger partial charge < -0.3 is 20.8 Å². The van der Waals surface area contributed by atoms with E-state index in [0.717, 1.165) is 0 Å². The maximum Gasteiger partial charge on any atom is 0.306 e. The van der Waals surface area contributed by atoms with Crippen LogP contribution in [0.1, 0.15) is 34.1 Å². The van der Waals surface area contributed by atoms with Crippen LogP contribution in [0.4, 0.5) is 10.1 Å². The standard InChI is InChI=1S/C21H31ClFN3O4/c1-12(2)14(20(29)30)8-18(27)16(24)9-25-10-19(28)26(11-21(25,3)4)17-6-5-13(23)7-15(17)22/h5-7,12,14,16,18,27H,8-11,24H2,1-4H3,(H,29,30)/t14-,16-,18-/m0/s1. The zero-order valence-electron chi connectivity index (χ0n) is 17.8. The molecule has 0 aliphatic carbocycles. The fraction of sp³-hybridized carbons (Fsp3) is 0.619. The fourth-order valence-electron chi connectivity index (χ4n) is 3.74. The molecular weight excluding hydrogens is 413 g/mol. The quantitative estimate of drug-likeness (QED) is 0.569. The largest absolute Gasteiger partial charge is 0.481 e. The van der Waals surface area contributed by atoms with Gasteiger partial charge in [0.1, 0.15) is 5.82 Å². The average molecular weight is 444 g/mol. The Morgan fingerprint density at radius 3 is 2.53 bits per heavy atom. The summed E-state index contributed by atoms with van der Waals surface area (Å²) in [6, 6.07) is 3.20. The van der Waals surface area contributed by atoms with Crippen LogP contribution in [0.2, 0.25) is 5.02 Å². The lowest BCUT2D eigenvalue weighted by atomic mass is 9.87. The molecule has 2 rings (SSSR count). The van der Waals surface area contributed by atoms with Crippen LogP contribution in [0.25, 0.3) is 0 Å². The predicted molar refractivity (Wildman–Crippen MR) is 114 cm³/mol. The Bertz CT molecular complexity index is 790. The van der Waals surface area contributed by atoms with Crippen LogP contribution >= 0.6 is 11.6 Å². The van der Waals surface area contributed by atoms with Crippen molar-refractivity contribution in [3.8, 4) is 0 Å². The van der Waals surface area contributed by atoms with E-state index in [2.05, 4.69) is 0 Å². The minimum absolute atomic E-state index is 0.0493. The molecular formula is C21H31ClFN3O4. The van der Waals surface area contributed by atoms with Crippen LogP contribution < -0.4 is 10.6 Å². The molecule has 1 fully saturated rings. The molecule has 0 aromatic heterocycles. The van der Waals surface area contributed by atoms with Crippen molar-refractivity contribution >= 4 is 29.2 Å². The number of aliphatic carboxylic acids is 1. The molecule has 1 saturated heterocycles. The molecule has 7 nitrogen and oxygen atoms in total. The van der Waals surface area contributed by atoms with Gasteiger partial charge in [-0.15, -0.1) is 0 Å². The molecule has 30 heavy (non-hydrogen) atoms. The van der Waals surface area contributed by atoms with Crippen molar-refractivity contribution in [2.24, 2.45) is 17.6 Å². The number of aliphatic hydroxyl groups is 1. The first kappa shape index (κ1) is 24.5. The van der Waals surface area contributed by atoms with Crippen molar-refractivity contribution in [2.45, 2.75) is 51.8 Å². The zero-order chi connectivity index (χ0) is 22.8. The number of carbonyl (C=O) groups excluding carboxylic acids is 1. The third-order valence-corrected chi connectivity index (χ3v) is 6.07. The van der Waals surface area contributed by atoms with Crippen molar-refractivity contribution in [3.63, 3.8) is 0 Å². The lowest BCUT2D eigenvalue weighted by Crippen LogP contribution is -2.64. The molecule has 4 N–H and O–H groups in total. The number of carboxylic acids is 1. The summed E-state index contributed by atoms with van der Waals surface area (Å²) in [5.74, 6) is -2.48. The molecule has 1 heterocycles. The Morgan fingerprint density at radius 2 is 2.00 bits per heavy atom. The van der Waals surface area contributed by atoms with Crippen LogP contribution in [0.15, 0.2) is 18.2 Å². The first-order valence-electron chi connectivity index (χ1n) is 10.0. The van der Waals surface area contributed by atoms with Gasteiger partial charge >= 0.3 is 5.97 Å². The minimum atomic E-state index is -1.01. The highest BCUT2D eigenvalue weighted by molar-refractivity contribution is 6.33. The summed E-state index contributed by atoms with van der Waals surface area (Å²) in [4.78, 5) is 27.6.